The van der Waals surface area contributed by atoms with Gasteiger partial charge in [0.1, 0.15) is 11.3 Å². The van der Waals surface area contributed by atoms with Gasteiger partial charge in [0.05, 0.1) is 6.54 Å². The zero-order chi connectivity index (χ0) is 18.1. The first-order valence-corrected chi connectivity index (χ1v) is 8.88. The third-order valence-electron chi connectivity index (χ3n) is 4.89. The van der Waals surface area contributed by atoms with Crippen LogP contribution in [0.1, 0.15) is 30.4 Å². The lowest BCUT2D eigenvalue weighted by Crippen LogP contribution is -2.29. The Bertz CT molecular complexity index is 1020. The quantitative estimate of drug-likeness (QED) is 0.648. The van der Waals surface area contributed by atoms with Crippen molar-refractivity contribution in [3.63, 3.8) is 0 Å². The first-order chi connectivity index (χ1) is 12.6. The molecule has 8 nitrogen and oxygen atoms in total. The molecule has 0 atom stereocenters. The number of anilines is 1. The Hall–Kier alpha value is -2.87. The van der Waals surface area contributed by atoms with Crippen LogP contribution in [-0.2, 0) is 13.1 Å². The van der Waals surface area contributed by atoms with E-state index in [1.807, 2.05) is 12.1 Å². The molecule has 1 aromatic carbocycles. The number of rotatable bonds is 4. The molecule has 0 spiro atoms. The number of imidazole rings is 1. The molecule has 2 aromatic heterocycles. The van der Waals surface area contributed by atoms with Gasteiger partial charge in [0.15, 0.2) is 5.65 Å². The van der Waals surface area contributed by atoms with Crippen LogP contribution in [0.25, 0.3) is 11.2 Å². The van der Waals surface area contributed by atoms with Crippen LogP contribution in [0.3, 0.4) is 0 Å². The molecule has 4 rings (SSSR count). The van der Waals surface area contributed by atoms with E-state index in [1.165, 1.54) is 29.4 Å². The Kier molecular flexibility index (Phi) is 4.34. The van der Waals surface area contributed by atoms with Gasteiger partial charge in [-0.2, -0.15) is 4.98 Å². The highest BCUT2D eigenvalue weighted by Gasteiger charge is 2.13. The van der Waals surface area contributed by atoms with Crippen LogP contribution in [0.4, 0.5) is 5.82 Å². The molecule has 3 heterocycles. The van der Waals surface area contributed by atoms with Crippen molar-refractivity contribution < 1.29 is 0 Å². The molecule has 0 amide bonds. The van der Waals surface area contributed by atoms with Crippen molar-refractivity contribution in [2.75, 3.05) is 18.8 Å². The summed E-state index contributed by atoms with van der Waals surface area (Å²) in [5, 5.41) is 0. The maximum absolute atomic E-state index is 12.2. The fourth-order valence-corrected chi connectivity index (χ4v) is 3.52. The summed E-state index contributed by atoms with van der Waals surface area (Å²) < 4.78 is 1.43. The van der Waals surface area contributed by atoms with Crippen molar-refractivity contribution >= 4 is 17.0 Å². The molecule has 4 N–H and O–H groups in total. The van der Waals surface area contributed by atoms with E-state index in [1.54, 1.807) is 0 Å². The van der Waals surface area contributed by atoms with Gasteiger partial charge >= 0.3 is 11.4 Å². The largest absolute Gasteiger partial charge is 0.383 e. The monoisotopic (exact) mass is 354 g/mol. The summed E-state index contributed by atoms with van der Waals surface area (Å²) >= 11 is 0. The molecule has 0 unspecified atom stereocenters. The van der Waals surface area contributed by atoms with Crippen LogP contribution >= 0.6 is 0 Å². The smallest absolute Gasteiger partial charge is 0.348 e. The molecule has 1 fully saturated rings. The Morgan fingerprint density at radius 3 is 2.31 bits per heavy atom. The molecule has 1 aliphatic rings. The van der Waals surface area contributed by atoms with Crippen LogP contribution in [0.15, 0.2) is 33.9 Å². The van der Waals surface area contributed by atoms with Gasteiger partial charge in [-0.15, -0.1) is 0 Å². The average molecular weight is 354 g/mol. The molecule has 136 valence electrons. The number of nitrogens with one attached hydrogen (secondary N) is 2. The van der Waals surface area contributed by atoms with E-state index in [4.69, 9.17) is 5.73 Å². The number of hydrogen-bond acceptors (Lipinski definition) is 5. The number of nitrogens with zero attached hydrogens (tertiary/aromatic N) is 3. The molecule has 0 saturated carbocycles. The van der Waals surface area contributed by atoms with Crippen molar-refractivity contribution in [3.05, 3.63) is 56.4 Å². The minimum atomic E-state index is -0.570. The number of piperidine rings is 1. The normalized spacial score (nSPS) is 15.5. The van der Waals surface area contributed by atoms with E-state index in [0.717, 1.165) is 25.2 Å². The second-order valence-corrected chi connectivity index (χ2v) is 6.82. The summed E-state index contributed by atoms with van der Waals surface area (Å²) in [6, 6.07) is 8.22. The molecule has 3 aromatic rings. The topological polar surface area (TPSA) is 113 Å². The van der Waals surface area contributed by atoms with E-state index in [2.05, 4.69) is 32.0 Å². The van der Waals surface area contributed by atoms with E-state index < -0.39 is 5.69 Å². The maximum atomic E-state index is 12.2. The molecule has 1 saturated heterocycles. The molecule has 0 bridgehead atoms. The van der Waals surface area contributed by atoms with Gasteiger partial charge in [-0.3, -0.25) is 14.5 Å². The van der Waals surface area contributed by atoms with Crippen LogP contribution in [0, 0.1) is 0 Å². The number of aromatic nitrogens is 4. The number of aromatic amines is 2. The lowest BCUT2D eigenvalue weighted by atomic mass is 10.1. The number of fused-ring (bicyclic) bond motifs is 1. The number of benzene rings is 1. The van der Waals surface area contributed by atoms with Crippen molar-refractivity contribution in [1.29, 1.82) is 0 Å². The van der Waals surface area contributed by atoms with Gasteiger partial charge in [0, 0.05) is 6.54 Å². The minimum absolute atomic E-state index is 0.118. The molecule has 1 aliphatic heterocycles. The zero-order valence-electron chi connectivity index (χ0n) is 14.5. The molecule has 8 heteroatoms. The Morgan fingerprint density at radius 2 is 1.62 bits per heavy atom. The standard InChI is InChI=1S/C18H22N6O2/c19-15-14-16(22-17(25)21-15)24(18(26)20-14)11-13-6-4-12(5-7-13)10-23-8-2-1-3-9-23/h4-7H,1-3,8-11H2,(H,20,26)(H3,19,21,22,25). The summed E-state index contributed by atoms with van der Waals surface area (Å²) in [5.74, 6) is 0.118. The number of H-pyrrole nitrogens is 2. The van der Waals surface area contributed by atoms with Crippen LogP contribution in [0.5, 0.6) is 0 Å². The van der Waals surface area contributed by atoms with Crippen molar-refractivity contribution in [1.82, 2.24) is 24.4 Å². The maximum Gasteiger partial charge on any atom is 0.348 e. The summed E-state index contributed by atoms with van der Waals surface area (Å²) in [7, 11) is 0. The Morgan fingerprint density at radius 1 is 0.962 bits per heavy atom. The van der Waals surface area contributed by atoms with Crippen LogP contribution < -0.4 is 17.1 Å². The first-order valence-electron chi connectivity index (χ1n) is 8.88. The second kappa shape index (κ2) is 6.80. The average Bonchev–Trinajstić information content (AvgIpc) is 2.94. The van der Waals surface area contributed by atoms with Gasteiger partial charge < -0.3 is 10.7 Å². The number of nitrogen functional groups attached to an aromatic ring is 1. The SMILES string of the molecule is Nc1[nH]c(=O)nc2c1[nH]c(=O)n2Cc1ccc(CN2CCCCC2)cc1. The highest BCUT2D eigenvalue weighted by Crippen LogP contribution is 2.15. The van der Waals surface area contributed by atoms with Crippen molar-refractivity contribution in [2.24, 2.45) is 0 Å². The van der Waals surface area contributed by atoms with Crippen LogP contribution in [-0.4, -0.2) is 37.5 Å². The van der Waals surface area contributed by atoms with E-state index in [9.17, 15) is 9.59 Å². The van der Waals surface area contributed by atoms with E-state index in [-0.39, 0.29) is 17.2 Å². The predicted octanol–water partition coefficient (Wildman–Crippen LogP) is 1.03. The third kappa shape index (κ3) is 3.28. The number of likely N-dealkylation sites (tertiary alicyclic amines) is 1. The van der Waals surface area contributed by atoms with Gasteiger partial charge in [-0.05, 0) is 37.1 Å². The lowest BCUT2D eigenvalue weighted by molar-refractivity contribution is 0.221. The Labute approximate surface area is 149 Å². The van der Waals surface area contributed by atoms with E-state index >= 15 is 0 Å². The fourth-order valence-electron chi connectivity index (χ4n) is 3.52. The highest BCUT2D eigenvalue weighted by molar-refractivity contribution is 5.81. The third-order valence-corrected chi connectivity index (χ3v) is 4.89. The summed E-state index contributed by atoms with van der Waals surface area (Å²) in [6.07, 6.45) is 3.88. The lowest BCUT2D eigenvalue weighted by Gasteiger charge is -2.26. The predicted molar refractivity (Wildman–Crippen MR) is 100 cm³/mol. The number of hydrogen-bond donors (Lipinski definition) is 3. The van der Waals surface area contributed by atoms with Crippen LogP contribution in [0.2, 0.25) is 0 Å². The number of nitrogens with two attached hydrogens (primary N) is 1. The minimum Gasteiger partial charge on any atom is -0.383 e. The molecular formula is C18H22N6O2. The molecule has 0 radical (unpaired) electrons. The zero-order valence-corrected chi connectivity index (χ0v) is 14.5. The second-order valence-electron chi connectivity index (χ2n) is 6.82. The highest BCUT2D eigenvalue weighted by atomic mass is 16.2. The van der Waals surface area contributed by atoms with Gasteiger partial charge in [-0.25, -0.2) is 9.59 Å². The Balaban J connectivity index is 1.56. The van der Waals surface area contributed by atoms with Gasteiger partial charge in [0.25, 0.3) is 0 Å². The summed E-state index contributed by atoms with van der Waals surface area (Å²) in [5.41, 5.74) is 7.71. The summed E-state index contributed by atoms with van der Waals surface area (Å²) in [6.45, 7) is 3.61. The molecule has 0 aliphatic carbocycles. The van der Waals surface area contributed by atoms with Gasteiger partial charge in [-0.1, -0.05) is 30.7 Å². The summed E-state index contributed by atoms with van der Waals surface area (Å²) in [4.78, 5) is 35.2. The fraction of sp³-hybridized carbons (Fsp3) is 0.389. The molecule has 26 heavy (non-hydrogen) atoms. The van der Waals surface area contributed by atoms with Gasteiger partial charge in [0.2, 0.25) is 0 Å². The van der Waals surface area contributed by atoms with Crippen molar-refractivity contribution in [3.8, 4) is 0 Å². The molecular weight excluding hydrogens is 332 g/mol. The van der Waals surface area contributed by atoms with E-state index in [0.29, 0.717) is 12.1 Å². The first kappa shape index (κ1) is 16.6. The van der Waals surface area contributed by atoms with Crippen molar-refractivity contribution in [2.45, 2.75) is 32.4 Å².